The highest BCUT2D eigenvalue weighted by atomic mass is 32.2. The van der Waals surface area contributed by atoms with E-state index in [0.717, 1.165) is 12.8 Å². The largest absolute Gasteiger partial charge is 0.135 e. The molecule has 0 aromatic heterocycles. The van der Waals surface area contributed by atoms with Gasteiger partial charge in [0.1, 0.15) is 0 Å². The van der Waals surface area contributed by atoms with Crippen LogP contribution in [0.1, 0.15) is 26.7 Å². The van der Waals surface area contributed by atoms with Crippen LogP contribution in [0.3, 0.4) is 0 Å². The SMILES string of the molecule is CC/C=C\C/C=C(\C)SC. The van der Waals surface area contributed by atoms with Gasteiger partial charge in [0.2, 0.25) is 0 Å². The van der Waals surface area contributed by atoms with Gasteiger partial charge in [-0.3, -0.25) is 0 Å². The summed E-state index contributed by atoms with van der Waals surface area (Å²) in [4.78, 5) is 1.40. The predicted octanol–water partition coefficient (Wildman–Crippen LogP) is 3.61. The Hall–Kier alpha value is -0.170. The topological polar surface area (TPSA) is 0 Å². The van der Waals surface area contributed by atoms with E-state index in [0.29, 0.717) is 0 Å². The van der Waals surface area contributed by atoms with Gasteiger partial charge in [-0.2, -0.15) is 0 Å². The van der Waals surface area contributed by atoms with Gasteiger partial charge in [0.05, 0.1) is 0 Å². The second-order valence-corrected chi connectivity index (χ2v) is 3.19. The van der Waals surface area contributed by atoms with Gasteiger partial charge in [-0.15, -0.1) is 11.8 Å². The lowest BCUT2D eigenvalue weighted by Gasteiger charge is -1.90. The second-order valence-electron chi connectivity index (χ2n) is 2.13. The molecule has 0 rings (SSSR count). The van der Waals surface area contributed by atoms with E-state index >= 15 is 0 Å². The zero-order chi connectivity index (χ0) is 7.82. The van der Waals surface area contributed by atoms with Crippen LogP contribution >= 0.6 is 11.8 Å². The first-order valence-electron chi connectivity index (χ1n) is 3.67. The normalized spacial score (nSPS) is 12.9. The van der Waals surface area contributed by atoms with Crippen molar-refractivity contribution >= 4 is 11.8 Å². The number of thioether (sulfide) groups is 1. The standard InChI is InChI=1S/C9H16S/c1-4-5-6-7-8-9(2)10-3/h5-6,8H,4,7H2,1-3H3/b6-5-,9-8+. The van der Waals surface area contributed by atoms with Gasteiger partial charge in [0, 0.05) is 0 Å². The molecule has 58 valence electrons. The van der Waals surface area contributed by atoms with E-state index in [1.165, 1.54) is 4.91 Å². The molecule has 0 aliphatic carbocycles. The van der Waals surface area contributed by atoms with Gasteiger partial charge in [-0.05, 0) is 30.9 Å². The van der Waals surface area contributed by atoms with Gasteiger partial charge >= 0.3 is 0 Å². The molecular formula is C9H16S. The average molecular weight is 156 g/mol. The van der Waals surface area contributed by atoms with E-state index in [4.69, 9.17) is 0 Å². The molecule has 0 nitrogen and oxygen atoms in total. The van der Waals surface area contributed by atoms with Crippen molar-refractivity contribution in [2.45, 2.75) is 26.7 Å². The molecule has 0 unspecified atom stereocenters. The van der Waals surface area contributed by atoms with Gasteiger partial charge in [-0.1, -0.05) is 25.2 Å². The van der Waals surface area contributed by atoms with Crippen LogP contribution in [0.2, 0.25) is 0 Å². The Labute approximate surface area is 68.4 Å². The smallest absolute Gasteiger partial charge is 0.0140 e. The Bertz CT molecular complexity index is 123. The Morgan fingerprint density at radius 2 is 2.10 bits per heavy atom. The minimum Gasteiger partial charge on any atom is -0.135 e. The summed E-state index contributed by atoms with van der Waals surface area (Å²) in [5, 5.41) is 0. The molecule has 0 bridgehead atoms. The summed E-state index contributed by atoms with van der Waals surface area (Å²) in [5.74, 6) is 0. The molecule has 0 aliphatic rings. The molecule has 0 heterocycles. The molecule has 0 aromatic carbocycles. The third-order valence-corrected chi connectivity index (χ3v) is 2.08. The maximum atomic E-state index is 2.25. The lowest BCUT2D eigenvalue weighted by atomic mass is 10.3. The first-order chi connectivity index (χ1) is 4.81. The molecule has 0 aliphatic heterocycles. The van der Waals surface area contributed by atoms with Crippen LogP contribution in [0.4, 0.5) is 0 Å². The van der Waals surface area contributed by atoms with Crippen molar-refractivity contribution in [3.8, 4) is 0 Å². The fraction of sp³-hybridized carbons (Fsp3) is 0.556. The highest BCUT2D eigenvalue weighted by Gasteiger charge is 1.79. The molecular weight excluding hydrogens is 140 g/mol. The first kappa shape index (κ1) is 9.83. The lowest BCUT2D eigenvalue weighted by molar-refractivity contribution is 1.20. The van der Waals surface area contributed by atoms with Crippen LogP contribution in [0.15, 0.2) is 23.1 Å². The fourth-order valence-electron chi connectivity index (χ4n) is 0.580. The molecule has 0 fully saturated rings. The van der Waals surface area contributed by atoms with Crippen LogP contribution in [-0.2, 0) is 0 Å². The number of hydrogen-bond donors (Lipinski definition) is 0. The third-order valence-electron chi connectivity index (χ3n) is 1.27. The van der Waals surface area contributed by atoms with Gasteiger partial charge in [0.25, 0.3) is 0 Å². The van der Waals surface area contributed by atoms with Crippen LogP contribution in [-0.4, -0.2) is 6.26 Å². The highest BCUT2D eigenvalue weighted by molar-refractivity contribution is 8.02. The summed E-state index contributed by atoms with van der Waals surface area (Å²) >= 11 is 1.81. The molecule has 0 saturated heterocycles. The predicted molar refractivity (Wildman–Crippen MR) is 51.3 cm³/mol. The average Bonchev–Trinajstić information content (AvgIpc) is 1.98. The van der Waals surface area contributed by atoms with E-state index in [2.05, 4.69) is 38.3 Å². The summed E-state index contributed by atoms with van der Waals surface area (Å²) in [6, 6.07) is 0. The summed E-state index contributed by atoms with van der Waals surface area (Å²) in [5.41, 5.74) is 0. The van der Waals surface area contributed by atoms with E-state index in [1.54, 1.807) is 0 Å². The Morgan fingerprint density at radius 1 is 1.40 bits per heavy atom. The number of rotatable bonds is 4. The molecule has 0 amide bonds. The van der Waals surface area contributed by atoms with Gasteiger partial charge in [0.15, 0.2) is 0 Å². The van der Waals surface area contributed by atoms with Crippen LogP contribution < -0.4 is 0 Å². The first-order valence-corrected chi connectivity index (χ1v) is 4.89. The molecule has 0 N–H and O–H groups in total. The molecule has 0 atom stereocenters. The highest BCUT2D eigenvalue weighted by Crippen LogP contribution is 2.10. The fourth-order valence-corrected chi connectivity index (χ4v) is 0.843. The molecule has 1 heteroatoms. The van der Waals surface area contributed by atoms with Crippen molar-refractivity contribution in [2.75, 3.05) is 6.26 Å². The van der Waals surface area contributed by atoms with Crippen LogP contribution in [0.25, 0.3) is 0 Å². The maximum Gasteiger partial charge on any atom is -0.0140 e. The molecule has 10 heavy (non-hydrogen) atoms. The van der Waals surface area contributed by atoms with Gasteiger partial charge in [-0.25, -0.2) is 0 Å². The zero-order valence-corrected chi connectivity index (χ0v) is 7.87. The van der Waals surface area contributed by atoms with Crippen molar-refractivity contribution in [3.63, 3.8) is 0 Å². The Balaban J connectivity index is 3.42. The summed E-state index contributed by atoms with van der Waals surface area (Å²) in [6.07, 6.45) is 11.0. The number of hydrogen-bond acceptors (Lipinski definition) is 1. The van der Waals surface area contributed by atoms with Crippen molar-refractivity contribution in [2.24, 2.45) is 0 Å². The lowest BCUT2D eigenvalue weighted by Crippen LogP contribution is -1.64. The van der Waals surface area contributed by atoms with Gasteiger partial charge < -0.3 is 0 Å². The second kappa shape index (κ2) is 6.94. The summed E-state index contributed by atoms with van der Waals surface area (Å²) in [7, 11) is 0. The van der Waals surface area contributed by atoms with Crippen molar-refractivity contribution in [1.29, 1.82) is 0 Å². The molecule has 0 spiro atoms. The van der Waals surface area contributed by atoms with E-state index in [1.807, 2.05) is 11.8 Å². The number of allylic oxidation sites excluding steroid dienone is 4. The van der Waals surface area contributed by atoms with Crippen molar-refractivity contribution < 1.29 is 0 Å². The van der Waals surface area contributed by atoms with E-state index < -0.39 is 0 Å². The Kier molecular flexibility index (Phi) is 6.83. The van der Waals surface area contributed by atoms with Crippen molar-refractivity contribution in [3.05, 3.63) is 23.1 Å². The van der Waals surface area contributed by atoms with E-state index in [-0.39, 0.29) is 0 Å². The Morgan fingerprint density at radius 3 is 2.60 bits per heavy atom. The third kappa shape index (κ3) is 5.96. The minimum atomic E-state index is 1.08. The minimum absolute atomic E-state index is 1.08. The van der Waals surface area contributed by atoms with Crippen LogP contribution in [0.5, 0.6) is 0 Å². The monoisotopic (exact) mass is 156 g/mol. The van der Waals surface area contributed by atoms with Crippen molar-refractivity contribution in [1.82, 2.24) is 0 Å². The summed E-state index contributed by atoms with van der Waals surface area (Å²) in [6.45, 7) is 4.30. The quantitative estimate of drug-likeness (QED) is 0.560. The van der Waals surface area contributed by atoms with E-state index in [9.17, 15) is 0 Å². The zero-order valence-electron chi connectivity index (χ0n) is 7.05. The molecule has 0 radical (unpaired) electrons. The molecule has 0 saturated carbocycles. The molecule has 0 aromatic rings. The van der Waals surface area contributed by atoms with Crippen LogP contribution in [0, 0.1) is 0 Å². The maximum absolute atomic E-state index is 2.25. The summed E-state index contributed by atoms with van der Waals surface area (Å²) < 4.78 is 0.